The van der Waals surface area contributed by atoms with Crippen LogP contribution in [0.15, 0.2) is 0 Å². The minimum atomic E-state index is -0.919. The van der Waals surface area contributed by atoms with Crippen molar-refractivity contribution in [3.8, 4) is 0 Å². The Labute approximate surface area is 126 Å². The summed E-state index contributed by atoms with van der Waals surface area (Å²) >= 11 is 0. The second-order valence-electron chi connectivity index (χ2n) is 7.44. The van der Waals surface area contributed by atoms with E-state index in [4.69, 9.17) is 4.74 Å². The van der Waals surface area contributed by atoms with Crippen molar-refractivity contribution in [3.63, 3.8) is 0 Å². The van der Waals surface area contributed by atoms with Crippen molar-refractivity contribution in [2.24, 2.45) is 11.8 Å². The molecule has 5 heteroatoms. The number of likely N-dealkylation sites (tertiary alicyclic amines) is 1. The van der Waals surface area contributed by atoms with E-state index in [0.717, 1.165) is 18.8 Å². The molecule has 0 aromatic rings. The molecule has 0 unspecified atom stereocenters. The summed E-state index contributed by atoms with van der Waals surface area (Å²) in [6.07, 6.45) is 5.91. The Morgan fingerprint density at radius 2 is 1.76 bits per heavy atom. The Morgan fingerprint density at radius 3 is 2.29 bits per heavy atom. The number of ether oxygens (including phenoxy) is 1. The van der Waals surface area contributed by atoms with Gasteiger partial charge in [0.25, 0.3) is 0 Å². The third-order valence-electron chi connectivity index (χ3n) is 4.30. The first-order valence-electron chi connectivity index (χ1n) is 7.98. The maximum atomic E-state index is 12.2. The second kappa shape index (κ2) is 6.24. The summed E-state index contributed by atoms with van der Waals surface area (Å²) in [7, 11) is 0. The van der Waals surface area contributed by atoms with E-state index in [1.54, 1.807) is 20.8 Å². The van der Waals surface area contributed by atoms with Gasteiger partial charge in [-0.3, -0.25) is 4.90 Å². The summed E-state index contributed by atoms with van der Waals surface area (Å²) in [6, 6.07) is -0.738. The summed E-state index contributed by atoms with van der Waals surface area (Å²) in [5, 5.41) is 9.41. The van der Waals surface area contributed by atoms with Gasteiger partial charge >= 0.3 is 12.1 Å². The molecule has 1 aliphatic carbocycles. The highest BCUT2D eigenvalue weighted by molar-refractivity contribution is 5.80. The van der Waals surface area contributed by atoms with E-state index >= 15 is 0 Å². The number of aliphatic carboxylic acids is 1. The quantitative estimate of drug-likeness (QED) is 0.864. The van der Waals surface area contributed by atoms with Crippen molar-refractivity contribution in [2.75, 3.05) is 6.54 Å². The van der Waals surface area contributed by atoms with E-state index in [-0.39, 0.29) is 0 Å². The van der Waals surface area contributed by atoms with Crippen LogP contribution in [0, 0.1) is 11.8 Å². The van der Waals surface area contributed by atoms with Crippen LogP contribution in [0.1, 0.15) is 59.3 Å². The largest absolute Gasteiger partial charge is 0.480 e. The Hall–Kier alpha value is -1.26. The van der Waals surface area contributed by atoms with Gasteiger partial charge in [0.15, 0.2) is 0 Å². The molecule has 2 rings (SSSR count). The lowest BCUT2D eigenvalue weighted by molar-refractivity contribution is -0.145. The Morgan fingerprint density at radius 1 is 1.14 bits per heavy atom. The molecule has 1 saturated heterocycles. The van der Waals surface area contributed by atoms with Gasteiger partial charge in [0.2, 0.25) is 0 Å². The smallest absolute Gasteiger partial charge is 0.411 e. The Kier molecular flexibility index (Phi) is 4.79. The third-order valence-corrected chi connectivity index (χ3v) is 4.30. The fraction of sp³-hybridized carbons (Fsp3) is 0.875. The van der Waals surface area contributed by atoms with Crippen molar-refractivity contribution < 1.29 is 19.4 Å². The van der Waals surface area contributed by atoms with E-state index in [1.165, 1.54) is 24.2 Å². The molecule has 2 atom stereocenters. The third kappa shape index (κ3) is 4.90. The highest BCUT2D eigenvalue weighted by atomic mass is 16.6. The zero-order valence-electron chi connectivity index (χ0n) is 13.3. The van der Waals surface area contributed by atoms with Crippen LogP contribution in [0.3, 0.4) is 0 Å². The topological polar surface area (TPSA) is 66.8 Å². The molecule has 0 spiro atoms. The first-order valence-corrected chi connectivity index (χ1v) is 7.98. The fourth-order valence-corrected chi connectivity index (χ4v) is 2.95. The van der Waals surface area contributed by atoms with Crippen LogP contribution >= 0.6 is 0 Å². The van der Waals surface area contributed by atoms with Crippen LogP contribution in [0.5, 0.6) is 0 Å². The van der Waals surface area contributed by atoms with Gasteiger partial charge in [-0.15, -0.1) is 0 Å². The average molecular weight is 297 g/mol. The minimum Gasteiger partial charge on any atom is -0.480 e. The second-order valence-corrected chi connectivity index (χ2v) is 7.44. The SMILES string of the molecule is CC(C)(C)OC(=O)N1CC[C@H](CCC2CC2)C[C@@H]1C(=O)O. The number of piperidine rings is 1. The van der Waals surface area contributed by atoms with Crippen LogP contribution in [-0.2, 0) is 9.53 Å². The van der Waals surface area contributed by atoms with E-state index in [2.05, 4.69) is 0 Å². The summed E-state index contributed by atoms with van der Waals surface area (Å²) in [5.41, 5.74) is -0.594. The normalized spacial score (nSPS) is 26.5. The number of amides is 1. The van der Waals surface area contributed by atoms with E-state index < -0.39 is 23.7 Å². The van der Waals surface area contributed by atoms with E-state index in [1.807, 2.05) is 0 Å². The number of carboxylic acids is 1. The lowest BCUT2D eigenvalue weighted by atomic mass is 9.87. The molecule has 21 heavy (non-hydrogen) atoms. The fourth-order valence-electron chi connectivity index (χ4n) is 2.95. The molecule has 0 radical (unpaired) electrons. The standard InChI is InChI=1S/C16H27NO4/c1-16(2,3)21-15(20)17-9-8-12(7-6-11-4-5-11)10-13(17)14(18)19/h11-13H,4-10H2,1-3H3,(H,18,19)/t12-,13+/m0/s1. The van der Waals surface area contributed by atoms with Gasteiger partial charge in [-0.05, 0) is 45.4 Å². The van der Waals surface area contributed by atoms with Gasteiger partial charge in [-0.25, -0.2) is 9.59 Å². The molecule has 2 fully saturated rings. The molecular weight excluding hydrogens is 270 g/mol. The molecule has 1 amide bonds. The molecular formula is C16H27NO4. The molecule has 5 nitrogen and oxygen atoms in total. The minimum absolute atomic E-state index is 0.422. The van der Waals surface area contributed by atoms with Crippen LogP contribution in [0.2, 0.25) is 0 Å². The van der Waals surface area contributed by atoms with E-state index in [0.29, 0.717) is 18.9 Å². The first-order chi connectivity index (χ1) is 9.76. The molecule has 120 valence electrons. The number of hydrogen-bond acceptors (Lipinski definition) is 3. The molecule has 0 aromatic carbocycles. The van der Waals surface area contributed by atoms with Gasteiger partial charge in [-0.2, -0.15) is 0 Å². The maximum absolute atomic E-state index is 12.2. The monoisotopic (exact) mass is 297 g/mol. The van der Waals surface area contributed by atoms with Crippen LogP contribution in [0.25, 0.3) is 0 Å². The Bertz CT molecular complexity index is 398. The molecule has 0 aromatic heterocycles. The lowest BCUT2D eigenvalue weighted by Gasteiger charge is -2.38. The number of carbonyl (C=O) groups excluding carboxylic acids is 1. The highest BCUT2D eigenvalue weighted by Crippen LogP contribution is 2.37. The van der Waals surface area contributed by atoms with Crippen LogP contribution in [0.4, 0.5) is 4.79 Å². The highest BCUT2D eigenvalue weighted by Gasteiger charge is 2.38. The summed E-state index contributed by atoms with van der Waals surface area (Å²) < 4.78 is 5.32. The molecule has 1 saturated carbocycles. The number of hydrogen-bond donors (Lipinski definition) is 1. The molecule has 0 bridgehead atoms. The lowest BCUT2D eigenvalue weighted by Crippen LogP contribution is -2.51. The van der Waals surface area contributed by atoms with Crippen LogP contribution < -0.4 is 0 Å². The molecule has 2 aliphatic rings. The maximum Gasteiger partial charge on any atom is 0.411 e. The first kappa shape index (κ1) is 16.1. The van der Waals surface area contributed by atoms with Crippen molar-refractivity contribution in [2.45, 2.75) is 70.9 Å². The summed E-state index contributed by atoms with van der Waals surface area (Å²) in [5.74, 6) is 0.375. The predicted molar refractivity (Wildman–Crippen MR) is 79.0 cm³/mol. The Balaban J connectivity index is 1.92. The van der Waals surface area contributed by atoms with Crippen molar-refractivity contribution in [1.82, 2.24) is 4.90 Å². The molecule has 1 N–H and O–H groups in total. The number of carbonyl (C=O) groups is 2. The zero-order valence-corrected chi connectivity index (χ0v) is 13.3. The summed E-state index contributed by atoms with van der Waals surface area (Å²) in [6.45, 7) is 5.87. The van der Waals surface area contributed by atoms with Gasteiger partial charge in [0.05, 0.1) is 0 Å². The number of nitrogens with zero attached hydrogens (tertiary/aromatic N) is 1. The van der Waals surface area contributed by atoms with Gasteiger partial charge in [0.1, 0.15) is 11.6 Å². The van der Waals surface area contributed by atoms with Crippen LogP contribution in [-0.4, -0.2) is 40.3 Å². The average Bonchev–Trinajstić information content (AvgIpc) is 3.17. The van der Waals surface area contributed by atoms with Gasteiger partial charge in [-0.1, -0.05) is 25.7 Å². The van der Waals surface area contributed by atoms with Gasteiger partial charge in [0, 0.05) is 6.54 Å². The summed E-state index contributed by atoms with van der Waals surface area (Å²) in [4.78, 5) is 25.0. The molecule has 1 aliphatic heterocycles. The van der Waals surface area contributed by atoms with Crippen molar-refractivity contribution in [3.05, 3.63) is 0 Å². The van der Waals surface area contributed by atoms with Gasteiger partial charge < -0.3 is 9.84 Å². The van der Waals surface area contributed by atoms with Crippen molar-refractivity contribution in [1.29, 1.82) is 0 Å². The number of carboxylic acid groups (broad SMARTS) is 1. The predicted octanol–water partition coefficient (Wildman–Crippen LogP) is 3.28. The number of rotatable bonds is 4. The zero-order chi connectivity index (χ0) is 15.6. The van der Waals surface area contributed by atoms with E-state index in [9.17, 15) is 14.7 Å². The van der Waals surface area contributed by atoms with Crippen molar-refractivity contribution >= 4 is 12.1 Å². The molecule has 1 heterocycles.